The van der Waals surface area contributed by atoms with Crippen LogP contribution in [0.4, 0.5) is 0 Å². The lowest BCUT2D eigenvalue weighted by atomic mass is 10.1. The van der Waals surface area contributed by atoms with Gasteiger partial charge < -0.3 is 10.1 Å². The van der Waals surface area contributed by atoms with Crippen molar-refractivity contribution >= 4 is 11.9 Å². The van der Waals surface area contributed by atoms with Crippen LogP contribution >= 0.6 is 0 Å². The number of esters is 1. The highest BCUT2D eigenvalue weighted by Gasteiger charge is 2.20. The fourth-order valence-electron chi connectivity index (χ4n) is 1.65. The van der Waals surface area contributed by atoms with Gasteiger partial charge >= 0.3 is 5.97 Å². The summed E-state index contributed by atoms with van der Waals surface area (Å²) in [6, 6.07) is 7.45. The number of allylic oxidation sites excluding steroid dienone is 1. The number of carbonyl (C=O) groups excluding carboxylic acids is 2. The molecule has 21 heavy (non-hydrogen) atoms. The van der Waals surface area contributed by atoms with Gasteiger partial charge in [-0.15, -0.1) is 0 Å². The van der Waals surface area contributed by atoms with Crippen molar-refractivity contribution in [3.63, 3.8) is 0 Å². The molecule has 0 saturated heterocycles. The molecule has 1 rings (SSSR count). The van der Waals surface area contributed by atoms with Gasteiger partial charge in [-0.2, -0.15) is 5.26 Å². The predicted octanol–water partition coefficient (Wildman–Crippen LogP) is 2.19. The number of rotatable bonds is 5. The third-order valence-corrected chi connectivity index (χ3v) is 2.83. The van der Waals surface area contributed by atoms with E-state index >= 15 is 0 Å². The Morgan fingerprint density at radius 1 is 1.33 bits per heavy atom. The SMILES string of the molecule is COC(=O)[C@@H](CC=C(C)C)NC(=O)c1ccc(C#N)cc1. The zero-order valence-corrected chi connectivity index (χ0v) is 12.3. The number of ether oxygens (including phenoxy) is 1. The predicted molar refractivity (Wildman–Crippen MR) is 78.5 cm³/mol. The van der Waals surface area contributed by atoms with Crippen LogP contribution in [-0.2, 0) is 9.53 Å². The average molecular weight is 286 g/mol. The molecule has 0 radical (unpaired) electrons. The molecule has 0 aromatic heterocycles. The van der Waals surface area contributed by atoms with Gasteiger partial charge in [0.05, 0.1) is 18.7 Å². The molecule has 0 spiro atoms. The molecule has 5 nitrogen and oxygen atoms in total. The van der Waals surface area contributed by atoms with Crippen LogP contribution < -0.4 is 5.32 Å². The third kappa shape index (κ3) is 5.11. The molecule has 1 N–H and O–H groups in total. The summed E-state index contributed by atoms with van der Waals surface area (Å²) in [6.07, 6.45) is 2.23. The van der Waals surface area contributed by atoms with Crippen molar-refractivity contribution in [3.8, 4) is 6.07 Å². The van der Waals surface area contributed by atoms with Crippen LogP contribution in [0.3, 0.4) is 0 Å². The van der Waals surface area contributed by atoms with Crippen LogP contribution in [0.5, 0.6) is 0 Å². The van der Waals surface area contributed by atoms with Gasteiger partial charge in [-0.3, -0.25) is 4.79 Å². The van der Waals surface area contributed by atoms with Crippen molar-refractivity contribution in [2.45, 2.75) is 26.3 Å². The monoisotopic (exact) mass is 286 g/mol. The van der Waals surface area contributed by atoms with Gasteiger partial charge in [0.25, 0.3) is 5.91 Å². The molecule has 1 amide bonds. The molecule has 0 fully saturated rings. The van der Waals surface area contributed by atoms with E-state index in [0.29, 0.717) is 17.5 Å². The maximum Gasteiger partial charge on any atom is 0.328 e. The van der Waals surface area contributed by atoms with E-state index in [9.17, 15) is 9.59 Å². The molecule has 1 aromatic rings. The molecular weight excluding hydrogens is 268 g/mol. The number of methoxy groups -OCH3 is 1. The van der Waals surface area contributed by atoms with E-state index in [-0.39, 0.29) is 5.91 Å². The lowest BCUT2D eigenvalue weighted by Gasteiger charge is -2.15. The van der Waals surface area contributed by atoms with E-state index < -0.39 is 12.0 Å². The summed E-state index contributed by atoms with van der Waals surface area (Å²) >= 11 is 0. The number of carbonyl (C=O) groups is 2. The third-order valence-electron chi connectivity index (χ3n) is 2.83. The lowest BCUT2D eigenvalue weighted by molar-refractivity contribution is -0.142. The Hall–Kier alpha value is -2.61. The average Bonchev–Trinajstić information content (AvgIpc) is 2.50. The van der Waals surface area contributed by atoms with E-state index in [0.717, 1.165) is 5.57 Å². The fourth-order valence-corrected chi connectivity index (χ4v) is 1.65. The number of hydrogen-bond acceptors (Lipinski definition) is 4. The smallest absolute Gasteiger partial charge is 0.328 e. The van der Waals surface area contributed by atoms with E-state index in [1.165, 1.54) is 7.11 Å². The maximum absolute atomic E-state index is 12.1. The van der Waals surface area contributed by atoms with Gasteiger partial charge in [0, 0.05) is 5.56 Å². The Labute approximate surface area is 124 Å². The van der Waals surface area contributed by atoms with Crippen molar-refractivity contribution in [2.24, 2.45) is 0 Å². The van der Waals surface area contributed by atoms with Crippen LogP contribution in [0.2, 0.25) is 0 Å². The van der Waals surface area contributed by atoms with E-state index in [2.05, 4.69) is 5.32 Å². The maximum atomic E-state index is 12.1. The molecule has 0 aliphatic rings. The normalized spacial score (nSPS) is 11.0. The van der Waals surface area contributed by atoms with Gasteiger partial charge in [0.2, 0.25) is 0 Å². The second-order valence-electron chi connectivity index (χ2n) is 4.76. The first-order valence-corrected chi connectivity index (χ1v) is 6.50. The number of nitrogens with zero attached hydrogens (tertiary/aromatic N) is 1. The van der Waals surface area contributed by atoms with Crippen molar-refractivity contribution in [1.29, 1.82) is 5.26 Å². The Bertz CT molecular complexity index is 579. The molecular formula is C16H18N2O3. The van der Waals surface area contributed by atoms with Crippen LogP contribution in [0.15, 0.2) is 35.9 Å². The molecule has 0 aliphatic heterocycles. The minimum atomic E-state index is -0.729. The summed E-state index contributed by atoms with van der Waals surface area (Å²) in [4.78, 5) is 23.8. The van der Waals surface area contributed by atoms with Crippen LogP contribution in [0, 0.1) is 11.3 Å². The number of nitrogens with one attached hydrogen (secondary N) is 1. The van der Waals surface area contributed by atoms with Gasteiger partial charge in [-0.25, -0.2) is 4.79 Å². The summed E-state index contributed by atoms with van der Waals surface area (Å²) in [6.45, 7) is 3.83. The second kappa shape index (κ2) is 7.85. The first kappa shape index (κ1) is 16.4. The van der Waals surface area contributed by atoms with Gasteiger partial charge in [-0.05, 0) is 44.5 Å². The Morgan fingerprint density at radius 2 is 1.95 bits per heavy atom. The Balaban J connectivity index is 2.81. The minimum absolute atomic E-state index is 0.372. The molecule has 0 saturated carbocycles. The van der Waals surface area contributed by atoms with E-state index in [1.54, 1.807) is 24.3 Å². The number of hydrogen-bond donors (Lipinski definition) is 1. The van der Waals surface area contributed by atoms with Crippen LogP contribution in [-0.4, -0.2) is 25.0 Å². The topological polar surface area (TPSA) is 79.2 Å². The highest BCUT2D eigenvalue weighted by molar-refractivity contribution is 5.96. The summed E-state index contributed by atoms with van der Waals surface area (Å²) in [5, 5.41) is 11.4. The summed E-state index contributed by atoms with van der Waals surface area (Å²) in [7, 11) is 1.28. The van der Waals surface area contributed by atoms with Crippen molar-refractivity contribution < 1.29 is 14.3 Å². The number of amides is 1. The second-order valence-corrected chi connectivity index (χ2v) is 4.76. The molecule has 0 aliphatic carbocycles. The quantitative estimate of drug-likeness (QED) is 0.664. The van der Waals surface area contributed by atoms with Crippen LogP contribution in [0.1, 0.15) is 36.2 Å². The van der Waals surface area contributed by atoms with Crippen molar-refractivity contribution in [1.82, 2.24) is 5.32 Å². The highest BCUT2D eigenvalue weighted by Crippen LogP contribution is 2.06. The lowest BCUT2D eigenvalue weighted by Crippen LogP contribution is -2.41. The van der Waals surface area contributed by atoms with Gasteiger partial charge in [0.15, 0.2) is 0 Å². The summed E-state index contributed by atoms with van der Waals surface area (Å²) < 4.78 is 4.69. The summed E-state index contributed by atoms with van der Waals surface area (Å²) in [5.41, 5.74) is 1.91. The van der Waals surface area contributed by atoms with Crippen molar-refractivity contribution in [3.05, 3.63) is 47.0 Å². The standard InChI is InChI=1S/C16H18N2O3/c1-11(2)4-9-14(16(20)21-3)18-15(19)13-7-5-12(10-17)6-8-13/h4-8,14H,9H2,1-3H3,(H,18,19)/t14-/m1/s1. The minimum Gasteiger partial charge on any atom is -0.467 e. The van der Waals surface area contributed by atoms with E-state index in [4.69, 9.17) is 10.00 Å². The molecule has 5 heteroatoms. The largest absolute Gasteiger partial charge is 0.467 e. The first-order valence-electron chi connectivity index (χ1n) is 6.50. The molecule has 110 valence electrons. The zero-order chi connectivity index (χ0) is 15.8. The fraction of sp³-hybridized carbons (Fsp3) is 0.312. The highest BCUT2D eigenvalue weighted by atomic mass is 16.5. The van der Waals surface area contributed by atoms with Gasteiger partial charge in [-0.1, -0.05) is 11.6 Å². The molecule has 1 aromatic carbocycles. The molecule has 0 unspecified atom stereocenters. The summed E-state index contributed by atoms with van der Waals surface area (Å²) in [5.74, 6) is -0.869. The van der Waals surface area contributed by atoms with Gasteiger partial charge in [0.1, 0.15) is 6.04 Å². The molecule has 0 bridgehead atoms. The number of benzene rings is 1. The van der Waals surface area contributed by atoms with Crippen LogP contribution in [0.25, 0.3) is 0 Å². The van der Waals surface area contributed by atoms with E-state index in [1.807, 2.05) is 26.0 Å². The molecule has 0 heterocycles. The molecule has 1 atom stereocenters. The Kier molecular flexibility index (Phi) is 6.15. The van der Waals surface area contributed by atoms with Crippen molar-refractivity contribution in [2.75, 3.05) is 7.11 Å². The zero-order valence-electron chi connectivity index (χ0n) is 12.3. The Morgan fingerprint density at radius 3 is 2.43 bits per heavy atom. The number of nitriles is 1. The first-order chi connectivity index (χ1) is 9.97.